The van der Waals surface area contributed by atoms with Crippen LogP contribution in [0.25, 0.3) is 0 Å². The number of nitrogens with zero attached hydrogens (tertiary/aromatic N) is 4. The van der Waals surface area contributed by atoms with E-state index >= 15 is 0 Å². The van der Waals surface area contributed by atoms with Gasteiger partial charge in [0, 0.05) is 13.1 Å². The van der Waals surface area contributed by atoms with Crippen LogP contribution in [-0.2, 0) is 0 Å². The van der Waals surface area contributed by atoms with E-state index in [0.29, 0.717) is 13.1 Å². The van der Waals surface area contributed by atoms with Crippen molar-refractivity contribution in [2.75, 3.05) is 25.1 Å². The molecule has 0 aliphatic heterocycles. The SMILES string of the molecule is CCN(CC)c1nc(OC)nc(Cl)c1[N+](=O)[O-]. The number of halogens is 1. The van der Waals surface area contributed by atoms with Crippen LogP contribution in [0.15, 0.2) is 0 Å². The molecule has 0 N–H and O–H groups in total. The fraction of sp³-hybridized carbons (Fsp3) is 0.556. The first-order valence-corrected chi connectivity index (χ1v) is 5.43. The van der Waals surface area contributed by atoms with Gasteiger partial charge in [-0.05, 0) is 13.8 Å². The Morgan fingerprint density at radius 2 is 2.00 bits per heavy atom. The van der Waals surface area contributed by atoms with Gasteiger partial charge in [0.25, 0.3) is 0 Å². The van der Waals surface area contributed by atoms with Crippen LogP contribution in [0.2, 0.25) is 5.15 Å². The lowest BCUT2D eigenvalue weighted by Gasteiger charge is -2.19. The molecule has 0 aliphatic rings. The molecule has 0 atom stereocenters. The third-order valence-electron chi connectivity index (χ3n) is 2.23. The maximum absolute atomic E-state index is 11.0. The van der Waals surface area contributed by atoms with Crippen LogP contribution in [0.1, 0.15) is 13.8 Å². The summed E-state index contributed by atoms with van der Waals surface area (Å²) in [6, 6.07) is 0.0162. The highest BCUT2D eigenvalue weighted by Crippen LogP contribution is 2.33. The number of hydrogen-bond donors (Lipinski definition) is 0. The van der Waals surface area contributed by atoms with Crippen LogP contribution in [0, 0.1) is 10.1 Å². The lowest BCUT2D eigenvalue weighted by molar-refractivity contribution is -0.384. The van der Waals surface area contributed by atoms with Crippen molar-refractivity contribution in [2.45, 2.75) is 13.8 Å². The molecule has 8 heteroatoms. The van der Waals surface area contributed by atoms with Gasteiger partial charge in [0.2, 0.25) is 11.0 Å². The minimum atomic E-state index is -0.588. The van der Waals surface area contributed by atoms with Crippen molar-refractivity contribution in [1.82, 2.24) is 9.97 Å². The minimum absolute atomic E-state index is 0.0162. The van der Waals surface area contributed by atoms with Gasteiger partial charge in [0.1, 0.15) is 0 Å². The highest BCUT2D eigenvalue weighted by Gasteiger charge is 2.26. The highest BCUT2D eigenvalue weighted by molar-refractivity contribution is 6.32. The van der Waals surface area contributed by atoms with E-state index in [0.717, 1.165) is 0 Å². The van der Waals surface area contributed by atoms with Gasteiger partial charge in [-0.3, -0.25) is 10.1 Å². The van der Waals surface area contributed by atoms with Gasteiger partial charge >= 0.3 is 11.7 Å². The molecule has 7 nitrogen and oxygen atoms in total. The van der Waals surface area contributed by atoms with Crippen molar-refractivity contribution in [1.29, 1.82) is 0 Å². The van der Waals surface area contributed by atoms with Gasteiger partial charge in [0.05, 0.1) is 12.0 Å². The number of aromatic nitrogens is 2. The maximum Gasteiger partial charge on any atom is 0.348 e. The summed E-state index contributed by atoms with van der Waals surface area (Å²) in [6.07, 6.45) is 0. The van der Waals surface area contributed by atoms with Crippen LogP contribution in [0.5, 0.6) is 6.01 Å². The number of rotatable bonds is 5. The largest absolute Gasteiger partial charge is 0.467 e. The number of anilines is 1. The van der Waals surface area contributed by atoms with Crippen molar-refractivity contribution in [3.8, 4) is 6.01 Å². The molecule has 1 aromatic rings. The van der Waals surface area contributed by atoms with Crippen molar-refractivity contribution in [3.63, 3.8) is 0 Å². The zero-order chi connectivity index (χ0) is 13.0. The molecule has 0 bridgehead atoms. The zero-order valence-electron chi connectivity index (χ0n) is 9.81. The lowest BCUT2D eigenvalue weighted by atomic mass is 10.4. The zero-order valence-corrected chi connectivity index (χ0v) is 10.6. The van der Waals surface area contributed by atoms with Crippen molar-refractivity contribution in [3.05, 3.63) is 15.3 Å². The summed E-state index contributed by atoms with van der Waals surface area (Å²) in [7, 11) is 1.38. The Kier molecular flexibility index (Phi) is 4.45. The first kappa shape index (κ1) is 13.4. The number of ether oxygens (including phenoxy) is 1. The second kappa shape index (κ2) is 5.62. The first-order chi connectivity index (χ1) is 8.04. The topological polar surface area (TPSA) is 81.4 Å². The van der Waals surface area contributed by atoms with Gasteiger partial charge in [-0.25, -0.2) is 0 Å². The van der Waals surface area contributed by atoms with Gasteiger partial charge in [-0.15, -0.1) is 0 Å². The lowest BCUT2D eigenvalue weighted by Crippen LogP contribution is -2.24. The summed E-state index contributed by atoms with van der Waals surface area (Å²) in [5.74, 6) is 0.178. The van der Waals surface area contributed by atoms with Crippen LogP contribution >= 0.6 is 11.6 Å². The molecule has 0 saturated carbocycles. The van der Waals surface area contributed by atoms with Gasteiger partial charge in [-0.2, -0.15) is 9.97 Å². The molecule has 0 amide bonds. The number of hydrogen-bond acceptors (Lipinski definition) is 6. The average molecular weight is 261 g/mol. The van der Waals surface area contributed by atoms with Crippen LogP contribution < -0.4 is 9.64 Å². The van der Waals surface area contributed by atoms with E-state index in [4.69, 9.17) is 16.3 Å². The Morgan fingerprint density at radius 3 is 2.41 bits per heavy atom. The molecule has 1 heterocycles. The molecule has 0 spiro atoms. The fourth-order valence-electron chi connectivity index (χ4n) is 1.39. The summed E-state index contributed by atoms with van der Waals surface area (Å²) >= 11 is 5.77. The average Bonchev–Trinajstić information content (AvgIpc) is 2.29. The monoisotopic (exact) mass is 260 g/mol. The molecule has 1 rings (SSSR count). The van der Waals surface area contributed by atoms with Crippen molar-refractivity contribution >= 4 is 23.1 Å². The molecule has 94 valence electrons. The first-order valence-electron chi connectivity index (χ1n) is 5.05. The van der Waals surface area contributed by atoms with Gasteiger partial charge in [-0.1, -0.05) is 11.6 Å². The molecule has 0 radical (unpaired) electrons. The Hall–Kier alpha value is -1.63. The number of methoxy groups -OCH3 is 1. The van der Waals surface area contributed by atoms with Crippen LogP contribution in [0.3, 0.4) is 0 Å². The molecule has 0 aliphatic carbocycles. The molecule has 1 aromatic heterocycles. The predicted molar refractivity (Wildman–Crippen MR) is 63.8 cm³/mol. The fourth-order valence-corrected chi connectivity index (χ4v) is 1.62. The third-order valence-corrected chi connectivity index (χ3v) is 2.49. The van der Waals surface area contributed by atoms with E-state index in [9.17, 15) is 10.1 Å². The Bertz CT molecular complexity index is 423. The second-order valence-electron chi connectivity index (χ2n) is 3.10. The number of nitro groups is 1. The molecular formula is C9H13ClN4O3. The summed E-state index contributed by atoms with van der Waals surface area (Å²) in [6.45, 7) is 4.90. The molecule has 0 fully saturated rings. The minimum Gasteiger partial charge on any atom is -0.467 e. The van der Waals surface area contributed by atoms with E-state index in [-0.39, 0.29) is 22.7 Å². The molecule has 0 aromatic carbocycles. The summed E-state index contributed by atoms with van der Waals surface area (Å²) in [5, 5.41) is 10.7. The Labute approximate surface area is 104 Å². The van der Waals surface area contributed by atoms with E-state index in [1.807, 2.05) is 13.8 Å². The predicted octanol–water partition coefficient (Wildman–Crippen LogP) is 1.89. The molecular weight excluding hydrogens is 248 g/mol. The van der Waals surface area contributed by atoms with Gasteiger partial charge < -0.3 is 9.64 Å². The summed E-state index contributed by atoms with van der Waals surface area (Å²) in [4.78, 5) is 19.8. The quantitative estimate of drug-likeness (QED) is 0.457. The highest BCUT2D eigenvalue weighted by atomic mass is 35.5. The van der Waals surface area contributed by atoms with E-state index in [1.54, 1.807) is 4.90 Å². The third kappa shape index (κ3) is 2.73. The Balaban J connectivity index is 3.41. The van der Waals surface area contributed by atoms with Crippen molar-refractivity contribution < 1.29 is 9.66 Å². The maximum atomic E-state index is 11.0. The normalized spacial score (nSPS) is 10.1. The standard InChI is InChI=1S/C9H13ClN4O3/c1-4-13(5-2)8-6(14(15)16)7(10)11-9(12-8)17-3/h4-5H2,1-3H3. The second-order valence-corrected chi connectivity index (χ2v) is 3.46. The van der Waals surface area contributed by atoms with Crippen LogP contribution in [-0.4, -0.2) is 35.1 Å². The molecule has 0 saturated heterocycles. The van der Waals surface area contributed by atoms with E-state index in [1.165, 1.54) is 7.11 Å². The molecule has 17 heavy (non-hydrogen) atoms. The summed E-state index contributed by atoms with van der Waals surface area (Å²) < 4.78 is 4.85. The van der Waals surface area contributed by atoms with Crippen LogP contribution in [0.4, 0.5) is 11.5 Å². The Morgan fingerprint density at radius 1 is 1.41 bits per heavy atom. The van der Waals surface area contributed by atoms with Gasteiger partial charge in [0.15, 0.2) is 0 Å². The van der Waals surface area contributed by atoms with Crippen molar-refractivity contribution in [2.24, 2.45) is 0 Å². The smallest absolute Gasteiger partial charge is 0.348 e. The van der Waals surface area contributed by atoms with E-state index < -0.39 is 4.92 Å². The molecule has 0 unspecified atom stereocenters. The summed E-state index contributed by atoms with van der Waals surface area (Å²) in [5.41, 5.74) is -0.295. The van der Waals surface area contributed by atoms with E-state index in [2.05, 4.69) is 9.97 Å².